The first kappa shape index (κ1) is 13.4. The number of halogens is 3. The average molecular weight is 330 g/mol. The molecule has 0 N–H and O–H groups in total. The van der Waals surface area contributed by atoms with Crippen molar-refractivity contribution in [1.82, 2.24) is 0 Å². The highest BCUT2D eigenvalue weighted by atomic mass is 79.9. The van der Waals surface area contributed by atoms with Crippen LogP contribution in [0.5, 0.6) is 5.75 Å². The highest BCUT2D eigenvalue weighted by Gasteiger charge is 2.06. The lowest BCUT2D eigenvalue weighted by atomic mass is 10.2. The van der Waals surface area contributed by atoms with Crippen molar-refractivity contribution in [2.75, 3.05) is 0 Å². The van der Waals surface area contributed by atoms with Crippen LogP contribution in [0.15, 0.2) is 40.9 Å². The molecule has 0 aliphatic carbocycles. The minimum atomic E-state index is -0.426. The van der Waals surface area contributed by atoms with E-state index in [0.717, 1.165) is 15.8 Å². The Morgan fingerprint density at radius 1 is 1.28 bits per heavy atom. The molecular formula is C14H11BrClFO. The van der Waals surface area contributed by atoms with Gasteiger partial charge in [0, 0.05) is 10.0 Å². The minimum Gasteiger partial charge on any atom is -0.489 e. The second kappa shape index (κ2) is 5.72. The molecule has 0 unspecified atom stereocenters. The topological polar surface area (TPSA) is 9.23 Å². The molecule has 1 nitrogen and oxygen atoms in total. The Morgan fingerprint density at radius 3 is 2.78 bits per heavy atom. The third-order valence-electron chi connectivity index (χ3n) is 2.56. The molecule has 2 aromatic carbocycles. The zero-order valence-electron chi connectivity index (χ0n) is 9.71. The molecular weight excluding hydrogens is 319 g/mol. The van der Waals surface area contributed by atoms with E-state index in [2.05, 4.69) is 15.9 Å². The lowest BCUT2D eigenvalue weighted by Gasteiger charge is -2.09. The summed E-state index contributed by atoms with van der Waals surface area (Å²) in [5.74, 6) is 0.306. The number of ether oxygens (including phenoxy) is 1. The van der Waals surface area contributed by atoms with E-state index >= 15 is 0 Å². The van der Waals surface area contributed by atoms with Crippen LogP contribution >= 0.6 is 27.5 Å². The molecule has 2 aromatic rings. The highest BCUT2D eigenvalue weighted by Crippen LogP contribution is 2.24. The summed E-state index contributed by atoms with van der Waals surface area (Å²) in [5.41, 5.74) is 1.72. The van der Waals surface area contributed by atoms with Gasteiger partial charge in [-0.15, -0.1) is 0 Å². The van der Waals surface area contributed by atoms with Gasteiger partial charge in [-0.25, -0.2) is 4.39 Å². The zero-order chi connectivity index (χ0) is 13.1. The Balaban J connectivity index is 2.11. The van der Waals surface area contributed by atoms with Crippen LogP contribution in [-0.4, -0.2) is 0 Å². The summed E-state index contributed by atoms with van der Waals surface area (Å²) in [7, 11) is 0. The van der Waals surface area contributed by atoms with Gasteiger partial charge in [0.05, 0.1) is 5.02 Å². The summed E-state index contributed by atoms with van der Waals surface area (Å²) in [6.07, 6.45) is 0. The normalized spacial score (nSPS) is 10.4. The molecule has 0 saturated heterocycles. The quantitative estimate of drug-likeness (QED) is 0.758. The van der Waals surface area contributed by atoms with Crippen LogP contribution in [0, 0.1) is 12.7 Å². The number of hydrogen-bond donors (Lipinski definition) is 0. The smallest absolute Gasteiger partial charge is 0.142 e. The summed E-state index contributed by atoms with van der Waals surface area (Å²) in [6, 6.07) is 10.4. The average Bonchev–Trinajstić information content (AvgIpc) is 2.35. The van der Waals surface area contributed by atoms with E-state index in [1.54, 1.807) is 12.1 Å². The number of hydrogen-bond acceptors (Lipinski definition) is 1. The maximum absolute atomic E-state index is 13.2. The lowest BCUT2D eigenvalue weighted by molar-refractivity contribution is 0.305. The van der Waals surface area contributed by atoms with E-state index in [1.807, 2.05) is 25.1 Å². The van der Waals surface area contributed by atoms with Crippen LogP contribution < -0.4 is 4.74 Å². The summed E-state index contributed by atoms with van der Waals surface area (Å²) in [6.45, 7) is 2.23. The highest BCUT2D eigenvalue weighted by molar-refractivity contribution is 9.10. The first-order chi connectivity index (χ1) is 8.58. The molecule has 0 amide bonds. The number of benzene rings is 2. The second-order valence-electron chi connectivity index (χ2n) is 3.91. The van der Waals surface area contributed by atoms with Crippen molar-refractivity contribution in [2.45, 2.75) is 13.5 Å². The van der Waals surface area contributed by atoms with Crippen LogP contribution in [-0.2, 0) is 6.61 Å². The Bertz CT molecular complexity index is 572. The molecule has 0 spiro atoms. The fraction of sp³-hybridized carbons (Fsp3) is 0.143. The molecule has 0 heterocycles. The molecule has 0 fully saturated rings. The minimum absolute atomic E-state index is 0.117. The van der Waals surface area contributed by atoms with Gasteiger partial charge in [0.1, 0.15) is 18.2 Å². The monoisotopic (exact) mass is 328 g/mol. The molecule has 0 aliphatic heterocycles. The Labute approximate surface area is 119 Å². The van der Waals surface area contributed by atoms with Gasteiger partial charge in [0.15, 0.2) is 0 Å². The number of rotatable bonds is 3. The van der Waals surface area contributed by atoms with E-state index in [1.165, 1.54) is 6.07 Å². The third kappa shape index (κ3) is 3.03. The van der Waals surface area contributed by atoms with Gasteiger partial charge in [-0.2, -0.15) is 0 Å². The molecule has 94 valence electrons. The SMILES string of the molecule is Cc1cc(OCc2cccc(F)c2Cl)ccc1Br. The van der Waals surface area contributed by atoms with E-state index in [9.17, 15) is 4.39 Å². The molecule has 0 aliphatic rings. The molecule has 0 radical (unpaired) electrons. The molecule has 0 bridgehead atoms. The zero-order valence-corrected chi connectivity index (χ0v) is 12.1. The third-order valence-corrected chi connectivity index (χ3v) is 3.87. The molecule has 0 saturated carbocycles. The standard InChI is InChI=1S/C14H11BrClFO/c1-9-7-11(5-6-12(9)15)18-8-10-3-2-4-13(17)14(10)16/h2-7H,8H2,1H3. The molecule has 4 heteroatoms. The van der Waals surface area contributed by atoms with Gasteiger partial charge in [0.25, 0.3) is 0 Å². The van der Waals surface area contributed by atoms with Gasteiger partial charge in [-0.3, -0.25) is 0 Å². The Kier molecular flexibility index (Phi) is 4.25. The van der Waals surface area contributed by atoms with Crippen molar-refractivity contribution in [3.63, 3.8) is 0 Å². The number of aryl methyl sites for hydroxylation is 1. The van der Waals surface area contributed by atoms with Gasteiger partial charge < -0.3 is 4.74 Å². The molecule has 0 atom stereocenters. The van der Waals surface area contributed by atoms with Crippen LogP contribution in [0.1, 0.15) is 11.1 Å². The van der Waals surface area contributed by atoms with E-state index < -0.39 is 5.82 Å². The molecule has 2 rings (SSSR count). The Hall–Kier alpha value is -1.06. The summed E-state index contributed by atoms with van der Waals surface area (Å²) >= 11 is 9.27. The first-order valence-corrected chi connectivity index (χ1v) is 6.57. The van der Waals surface area contributed by atoms with Crippen molar-refractivity contribution >= 4 is 27.5 Å². The molecule has 0 aromatic heterocycles. The van der Waals surface area contributed by atoms with Crippen LogP contribution in [0.4, 0.5) is 4.39 Å². The fourth-order valence-corrected chi connectivity index (χ4v) is 1.96. The fourth-order valence-electron chi connectivity index (χ4n) is 1.53. The van der Waals surface area contributed by atoms with Gasteiger partial charge >= 0.3 is 0 Å². The summed E-state index contributed by atoms with van der Waals surface area (Å²) in [5, 5.41) is 0.117. The summed E-state index contributed by atoms with van der Waals surface area (Å²) in [4.78, 5) is 0. The van der Waals surface area contributed by atoms with Crippen molar-refractivity contribution < 1.29 is 9.13 Å². The predicted molar refractivity (Wildman–Crippen MR) is 74.6 cm³/mol. The Morgan fingerprint density at radius 2 is 2.06 bits per heavy atom. The van der Waals surface area contributed by atoms with Crippen LogP contribution in [0.3, 0.4) is 0 Å². The van der Waals surface area contributed by atoms with Gasteiger partial charge in [0.2, 0.25) is 0 Å². The van der Waals surface area contributed by atoms with Gasteiger partial charge in [-0.1, -0.05) is 39.7 Å². The lowest BCUT2D eigenvalue weighted by Crippen LogP contribution is -1.97. The maximum atomic E-state index is 13.2. The van der Waals surface area contributed by atoms with Crippen molar-refractivity contribution in [2.24, 2.45) is 0 Å². The van der Waals surface area contributed by atoms with Crippen molar-refractivity contribution in [1.29, 1.82) is 0 Å². The van der Waals surface area contributed by atoms with E-state index in [0.29, 0.717) is 5.56 Å². The van der Waals surface area contributed by atoms with Crippen LogP contribution in [0.2, 0.25) is 5.02 Å². The second-order valence-corrected chi connectivity index (χ2v) is 5.14. The van der Waals surface area contributed by atoms with Crippen molar-refractivity contribution in [3.8, 4) is 5.75 Å². The first-order valence-electron chi connectivity index (χ1n) is 5.40. The molecule has 18 heavy (non-hydrogen) atoms. The van der Waals surface area contributed by atoms with Gasteiger partial charge in [-0.05, 0) is 36.8 Å². The maximum Gasteiger partial charge on any atom is 0.142 e. The van der Waals surface area contributed by atoms with E-state index in [-0.39, 0.29) is 11.6 Å². The predicted octanol–water partition coefficient (Wildman–Crippen LogP) is 5.13. The van der Waals surface area contributed by atoms with Crippen molar-refractivity contribution in [3.05, 3.63) is 62.8 Å². The largest absolute Gasteiger partial charge is 0.489 e. The van der Waals surface area contributed by atoms with E-state index in [4.69, 9.17) is 16.3 Å². The summed E-state index contributed by atoms with van der Waals surface area (Å²) < 4.78 is 19.8. The van der Waals surface area contributed by atoms with Crippen LogP contribution in [0.25, 0.3) is 0 Å².